The monoisotopic (exact) mass is 225 g/mol. The predicted molar refractivity (Wildman–Crippen MR) is 37.8 cm³/mol. The minimum atomic E-state index is -5.17. The van der Waals surface area contributed by atoms with Crippen molar-refractivity contribution in [3.63, 3.8) is 0 Å². The molecular weight excluding hydrogens is 222 g/mol. The number of ether oxygens (including phenoxy) is 1. The Kier molecular flexibility index (Phi) is 2.78. The van der Waals surface area contributed by atoms with Gasteiger partial charge in [0, 0.05) is 6.20 Å². The maximum Gasteiger partial charge on any atom is 0.573 e. The van der Waals surface area contributed by atoms with Crippen LogP contribution in [0, 0.1) is 5.95 Å². The molecule has 0 aliphatic rings. The number of rotatable bonds is 2. The first-order valence-electron chi connectivity index (χ1n) is 3.45. The standard InChI is InChI=1S/C7H3F4NO3/c8-5-4(15-7(9,10)11)3(6(13)14)1-2-12-5/h1-2H,(H,13,14). The number of carbonyl (C=O) groups is 1. The van der Waals surface area contributed by atoms with Gasteiger partial charge in [0.05, 0.1) is 0 Å². The molecule has 4 nitrogen and oxygen atoms in total. The molecule has 0 fully saturated rings. The molecule has 0 saturated carbocycles. The van der Waals surface area contributed by atoms with Crippen molar-refractivity contribution in [2.75, 3.05) is 0 Å². The van der Waals surface area contributed by atoms with Gasteiger partial charge in [-0.05, 0) is 6.07 Å². The fourth-order valence-corrected chi connectivity index (χ4v) is 0.804. The van der Waals surface area contributed by atoms with Crippen LogP contribution in [-0.2, 0) is 0 Å². The Balaban J connectivity index is 3.19. The number of aromatic nitrogens is 1. The molecule has 0 saturated heterocycles. The van der Waals surface area contributed by atoms with Gasteiger partial charge in [-0.3, -0.25) is 0 Å². The normalized spacial score (nSPS) is 11.2. The van der Waals surface area contributed by atoms with E-state index in [-0.39, 0.29) is 0 Å². The summed E-state index contributed by atoms with van der Waals surface area (Å²) in [6.45, 7) is 0. The third-order valence-corrected chi connectivity index (χ3v) is 1.31. The van der Waals surface area contributed by atoms with Gasteiger partial charge < -0.3 is 9.84 Å². The zero-order chi connectivity index (χ0) is 11.6. The van der Waals surface area contributed by atoms with E-state index in [1.54, 1.807) is 0 Å². The highest BCUT2D eigenvalue weighted by Crippen LogP contribution is 2.27. The topological polar surface area (TPSA) is 59.4 Å². The van der Waals surface area contributed by atoms with Crippen molar-refractivity contribution >= 4 is 5.97 Å². The van der Waals surface area contributed by atoms with Crippen LogP contribution < -0.4 is 4.74 Å². The summed E-state index contributed by atoms with van der Waals surface area (Å²) in [5.41, 5.74) is -0.945. The van der Waals surface area contributed by atoms with Crippen LogP contribution in [0.5, 0.6) is 5.75 Å². The summed E-state index contributed by atoms with van der Waals surface area (Å²) in [4.78, 5) is 13.3. The molecule has 0 bridgehead atoms. The van der Waals surface area contributed by atoms with Gasteiger partial charge in [-0.1, -0.05) is 0 Å². The summed E-state index contributed by atoms with van der Waals surface area (Å²) in [6, 6.07) is 0.701. The van der Waals surface area contributed by atoms with Crippen molar-refractivity contribution in [1.82, 2.24) is 4.98 Å². The Morgan fingerprint density at radius 1 is 1.47 bits per heavy atom. The van der Waals surface area contributed by atoms with Crippen LogP contribution in [0.2, 0.25) is 0 Å². The number of carboxylic acids is 1. The lowest BCUT2D eigenvalue weighted by Crippen LogP contribution is -2.20. The fourth-order valence-electron chi connectivity index (χ4n) is 0.804. The molecular formula is C7H3F4NO3. The molecule has 1 heterocycles. The van der Waals surface area contributed by atoms with Crippen LogP contribution in [0.3, 0.4) is 0 Å². The zero-order valence-electron chi connectivity index (χ0n) is 6.88. The Bertz CT molecular complexity index is 390. The first-order chi connectivity index (χ1) is 6.81. The molecule has 0 aliphatic carbocycles. The second-order valence-electron chi connectivity index (χ2n) is 2.33. The molecule has 82 valence electrons. The molecule has 0 radical (unpaired) electrons. The van der Waals surface area contributed by atoms with Crippen molar-refractivity contribution in [2.24, 2.45) is 0 Å². The number of pyridine rings is 1. The van der Waals surface area contributed by atoms with Crippen LogP contribution in [0.4, 0.5) is 17.6 Å². The number of alkyl halides is 3. The molecule has 0 aliphatic heterocycles. The lowest BCUT2D eigenvalue weighted by atomic mass is 10.2. The van der Waals surface area contributed by atoms with Gasteiger partial charge >= 0.3 is 12.3 Å². The van der Waals surface area contributed by atoms with E-state index in [2.05, 4.69) is 9.72 Å². The molecule has 0 unspecified atom stereocenters. The average molecular weight is 225 g/mol. The predicted octanol–water partition coefficient (Wildman–Crippen LogP) is 1.82. The van der Waals surface area contributed by atoms with Crippen LogP contribution in [0.15, 0.2) is 12.3 Å². The molecule has 0 atom stereocenters. The summed E-state index contributed by atoms with van der Waals surface area (Å²) in [5.74, 6) is -4.82. The third kappa shape index (κ3) is 2.79. The van der Waals surface area contributed by atoms with E-state index in [1.165, 1.54) is 0 Å². The Morgan fingerprint density at radius 3 is 2.53 bits per heavy atom. The Morgan fingerprint density at radius 2 is 2.07 bits per heavy atom. The average Bonchev–Trinajstić information content (AvgIpc) is 2.05. The van der Waals surface area contributed by atoms with Crippen LogP contribution in [0.1, 0.15) is 10.4 Å². The van der Waals surface area contributed by atoms with E-state index in [9.17, 15) is 22.4 Å². The van der Waals surface area contributed by atoms with E-state index in [0.29, 0.717) is 6.07 Å². The summed E-state index contributed by atoms with van der Waals surface area (Å²) >= 11 is 0. The molecule has 8 heteroatoms. The SMILES string of the molecule is O=C(O)c1ccnc(F)c1OC(F)(F)F. The molecule has 15 heavy (non-hydrogen) atoms. The summed E-state index contributed by atoms with van der Waals surface area (Å²) < 4.78 is 51.2. The lowest BCUT2D eigenvalue weighted by molar-refractivity contribution is -0.275. The second kappa shape index (κ2) is 3.71. The smallest absolute Gasteiger partial charge is 0.478 e. The third-order valence-electron chi connectivity index (χ3n) is 1.31. The van der Waals surface area contributed by atoms with E-state index < -0.39 is 29.6 Å². The maximum absolute atomic E-state index is 12.7. The van der Waals surface area contributed by atoms with Crippen LogP contribution >= 0.6 is 0 Å². The number of aromatic carboxylic acids is 1. The first kappa shape index (κ1) is 11.2. The highest BCUT2D eigenvalue weighted by Gasteiger charge is 2.35. The minimum absolute atomic E-state index is 0.701. The summed E-state index contributed by atoms with van der Waals surface area (Å²) in [6.07, 6.45) is -4.45. The maximum atomic E-state index is 12.7. The highest BCUT2D eigenvalue weighted by atomic mass is 19.4. The summed E-state index contributed by atoms with van der Waals surface area (Å²) in [7, 11) is 0. The van der Waals surface area contributed by atoms with Gasteiger partial charge in [0.25, 0.3) is 5.95 Å². The van der Waals surface area contributed by atoms with E-state index in [4.69, 9.17) is 5.11 Å². The van der Waals surface area contributed by atoms with Crippen molar-refractivity contribution in [3.05, 3.63) is 23.8 Å². The molecule has 1 N–H and O–H groups in total. The van der Waals surface area contributed by atoms with E-state index in [1.807, 2.05) is 0 Å². The van der Waals surface area contributed by atoms with Gasteiger partial charge in [-0.2, -0.15) is 4.39 Å². The molecule has 0 spiro atoms. The van der Waals surface area contributed by atoms with Crippen molar-refractivity contribution in [1.29, 1.82) is 0 Å². The Labute approximate surface area is 80.1 Å². The number of hydrogen-bond acceptors (Lipinski definition) is 3. The van der Waals surface area contributed by atoms with E-state index >= 15 is 0 Å². The van der Waals surface area contributed by atoms with Crippen LogP contribution in [0.25, 0.3) is 0 Å². The van der Waals surface area contributed by atoms with Gasteiger partial charge in [-0.15, -0.1) is 13.2 Å². The van der Waals surface area contributed by atoms with Gasteiger partial charge in [-0.25, -0.2) is 9.78 Å². The zero-order valence-corrected chi connectivity index (χ0v) is 6.88. The number of carboxylic acid groups (broad SMARTS) is 1. The van der Waals surface area contributed by atoms with Crippen molar-refractivity contribution in [3.8, 4) is 5.75 Å². The van der Waals surface area contributed by atoms with Gasteiger partial charge in [0.2, 0.25) is 0 Å². The molecule has 1 aromatic heterocycles. The molecule has 0 aromatic carbocycles. The molecule has 1 aromatic rings. The first-order valence-corrected chi connectivity index (χ1v) is 3.45. The largest absolute Gasteiger partial charge is 0.573 e. The minimum Gasteiger partial charge on any atom is -0.478 e. The van der Waals surface area contributed by atoms with Gasteiger partial charge in [0.15, 0.2) is 5.75 Å². The number of nitrogens with zero attached hydrogens (tertiary/aromatic N) is 1. The number of halogens is 4. The molecule has 0 amide bonds. The second-order valence-corrected chi connectivity index (χ2v) is 2.33. The van der Waals surface area contributed by atoms with Crippen molar-refractivity contribution < 1.29 is 32.2 Å². The summed E-state index contributed by atoms with van der Waals surface area (Å²) in [5, 5.41) is 8.45. The van der Waals surface area contributed by atoms with Crippen LogP contribution in [-0.4, -0.2) is 22.4 Å². The quantitative estimate of drug-likeness (QED) is 0.616. The van der Waals surface area contributed by atoms with Crippen molar-refractivity contribution in [2.45, 2.75) is 6.36 Å². The Hall–Kier alpha value is -1.86. The van der Waals surface area contributed by atoms with Gasteiger partial charge in [0.1, 0.15) is 5.56 Å². The van der Waals surface area contributed by atoms with E-state index in [0.717, 1.165) is 6.20 Å². The lowest BCUT2D eigenvalue weighted by Gasteiger charge is -2.10. The molecule has 1 rings (SSSR count). The fraction of sp³-hybridized carbons (Fsp3) is 0.143. The number of hydrogen-bond donors (Lipinski definition) is 1. The highest BCUT2D eigenvalue weighted by molar-refractivity contribution is 5.90.